The zero-order valence-electron chi connectivity index (χ0n) is 14.1. The SMILES string of the molecule is COCCCn1c(SC(C)C(=O)N(C)c2ccccc2)n[nH]c1=O. The summed E-state index contributed by atoms with van der Waals surface area (Å²) >= 11 is 1.27. The molecule has 1 unspecified atom stereocenters. The Morgan fingerprint density at radius 2 is 2.12 bits per heavy atom. The molecule has 1 atom stereocenters. The summed E-state index contributed by atoms with van der Waals surface area (Å²) in [6.07, 6.45) is 0.704. The number of para-hydroxylation sites is 1. The van der Waals surface area contributed by atoms with Gasteiger partial charge in [0.1, 0.15) is 0 Å². The molecule has 2 rings (SSSR count). The van der Waals surface area contributed by atoms with Crippen molar-refractivity contribution in [2.24, 2.45) is 0 Å². The molecule has 7 nitrogen and oxygen atoms in total. The third-order valence-electron chi connectivity index (χ3n) is 3.56. The number of aromatic amines is 1. The number of ether oxygens (including phenoxy) is 1. The fourth-order valence-electron chi connectivity index (χ4n) is 2.22. The standard InChI is InChI=1S/C16H22N4O3S/c1-12(14(21)19(2)13-8-5-4-6-9-13)24-16-18-17-15(22)20(16)10-7-11-23-3/h4-6,8-9,12H,7,10-11H2,1-3H3,(H,17,22). The summed E-state index contributed by atoms with van der Waals surface area (Å²) in [7, 11) is 3.36. The Morgan fingerprint density at radius 3 is 2.79 bits per heavy atom. The molecule has 0 spiro atoms. The van der Waals surface area contributed by atoms with E-state index in [1.807, 2.05) is 37.3 Å². The first-order chi connectivity index (χ1) is 11.5. The van der Waals surface area contributed by atoms with E-state index >= 15 is 0 Å². The summed E-state index contributed by atoms with van der Waals surface area (Å²) < 4.78 is 6.54. The molecule has 1 aromatic carbocycles. The highest BCUT2D eigenvalue weighted by molar-refractivity contribution is 8.00. The maximum Gasteiger partial charge on any atom is 0.343 e. The van der Waals surface area contributed by atoms with E-state index in [4.69, 9.17) is 4.74 Å². The van der Waals surface area contributed by atoms with Gasteiger partial charge in [-0.05, 0) is 25.5 Å². The highest BCUT2D eigenvalue weighted by atomic mass is 32.2. The van der Waals surface area contributed by atoms with Crippen LogP contribution in [0.2, 0.25) is 0 Å². The van der Waals surface area contributed by atoms with Crippen LogP contribution >= 0.6 is 11.8 Å². The average molecular weight is 350 g/mol. The minimum absolute atomic E-state index is 0.0508. The molecule has 0 aliphatic rings. The number of carbonyl (C=O) groups is 1. The number of anilines is 1. The van der Waals surface area contributed by atoms with Gasteiger partial charge >= 0.3 is 5.69 Å². The van der Waals surface area contributed by atoms with E-state index in [-0.39, 0.29) is 16.8 Å². The van der Waals surface area contributed by atoms with E-state index in [0.717, 1.165) is 5.69 Å². The highest BCUT2D eigenvalue weighted by Crippen LogP contribution is 2.23. The Kier molecular flexibility index (Phi) is 6.62. The van der Waals surface area contributed by atoms with Gasteiger partial charge in [-0.2, -0.15) is 0 Å². The van der Waals surface area contributed by atoms with Crippen LogP contribution in [0.25, 0.3) is 0 Å². The number of hydrogen-bond acceptors (Lipinski definition) is 5. The van der Waals surface area contributed by atoms with Gasteiger partial charge in [-0.25, -0.2) is 9.89 Å². The highest BCUT2D eigenvalue weighted by Gasteiger charge is 2.22. The number of nitrogens with zero attached hydrogens (tertiary/aromatic N) is 3. The normalized spacial score (nSPS) is 12.1. The van der Waals surface area contributed by atoms with Crippen molar-refractivity contribution in [3.8, 4) is 0 Å². The van der Waals surface area contributed by atoms with Crippen molar-refractivity contribution in [1.82, 2.24) is 14.8 Å². The quantitative estimate of drug-likeness (QED) is 0.579. The van der Waals surface area contributed by atoms with Gasteiger partial charge in [0.05, 0.1) is 5.25 Å². The summed E-state index contributed by atoms with van der Waals surface area (Å²) in [5.41, 5.74) is 0.555. The Bertz CT molecular complexity index is 714. The molecular weight excluding hydrogens is 328 g/mol. The van der Waals surface area contributed by atoms with E-state index < -0.39 is 0 Å². The van der Waals surface area contributed by atoms with Crippen LogP contribution in [0.3, 0.4) is 0 Å². The molecule has 0 radical (unpaired) electrons. The van der Waals surface area contributed by atoms with Gasteiger partial charge in [-0.15, -0.1) is 5.10 Å². The molecule has 0 saturated heterocycles. The van der Waals surface area contributed by atoms with Crippen molar-refractivity contribution in [1.29, 1.82) is 0 Å². The molecule has 0 fully saturated rings. The van der Waals surface area contributed by atoms with Gasteiger partial charge in [0.15, 0.2) is 5.16 Å². The summed E-state index contributed by atoms with van der Waals surface area (Å²) in [5, 5.41) is 6.61. The van der Waals surface area contributed by atoms with E-state index in [1.165, 1.54) is 16.3 Å². The maximum absolute atomic E-state index is 12.6. The van der Waals surface area contributed by atoms with Crippen molar-refractivity contribution in [3.63, 3.8) is 0 Å². The molecule has 130 valence electrons. The number of H-pyrrole nitrogens is 1. The van der Waals surface area contributed by atoms with Crippen LogP contribution in [0.15, 0.2) is 40.3 Å². The lowest BCUT2D eigenvalue weighted by atomic mass is 10.3. The van der Waals surface area contributed by atoms with Gasteiger partial charge < -0.3 is 9.64 Å². The number of hydrogen-bond donors (Lipinski definition) is 1. The lowest BCUT2D eigenvalue weighted by molar-refractivity contribution is -0.117. The maximum atomic E-state index is 12.6. The van der Waals surface area contributed by atoms with E-state index in [2.05, 4.69) is 10.2 Å². The second-order valence-electron chi connectivity index (χ2n) is 5.30. The van der Waals surface area contributed by atoms with Gasteiger partial charge in [-0.3, -0.25) is 9.36 Å². The zero-order chi connectivity index (χ0) is 17.5. The minimum Gasteiger partial charge on any atom is -0.385 e. The molecule has 24 heavy (non-hydrogen) atoms. The van der Waals surface area contributed by atoms with Gasteiger partial charge in [0.2, 0.25) is 5.91 Å². The molecule has 0 aliphatic heterocycles. The summed E-state index contributed by atoms with van der Waals surface area (Å²) in [5.74, 6) is -0.0508. The summed E-state index contributed by atoms with van der Waals surface area (Å²) in [6.45, 7) is 2.87. The molecule has 0 saturated carbocycles. The number of aromatic nitrogens is 3. The molecule has 1 heterocycles. The number of methoxy groups -OCH3 is 1. The molecule has 0 bridgehead atoms. The largest absolute Gasteiger partial charge is 0.385 e. The van der Waals surface area contributed by atoms with E-state index in [9.17, 15) is 9.59 Å². The first-order valence-corrected chi connectivity index (χ1v) is 8.56. The molecule has 2 aromatic rings. The molecule has 1 aromatic heterocycles. The number of amides is 1. The molecule has 1 N–H and O–H groups in total. The van der Waals surface area contributed by atoms with Crippen LogP contribution in [0.5, 0.6) is 0 Å². The first-order valence-electron chi connectivity index (χ1n) is 7.68. The molecule has 1 amide bonds. The average Bonchev–Trinajstić information content (AvgIpc) is 2.94. The van der Waals surface area contributed by atoms with Crippen LogP contribution in [0.1, 0.15) is 13.3 Å². The van der Waals surface area contributed by atoms with Crippen LogP contribution in [-0.2, 0) is 16.1 Å². The number of nitrogens with one attached hydrogen (secondary N) is 1. The lowest BCUT2D eigenvalue weighted by Crippen LogP contribution is -2.33. The van der Waals surface area contributed by atoms with Crippen molar-refractivity contribution < 1.29 is 9.53 Å². The lowest BCUT2D eigenvalue weighted by Gasteiger charge is -2.21. The van der Waals surface area contributed by atoms with Crippen LogP contribution in [-0.4, -0.2) is 46.7 Å². The van der Waals surface area contributed by atoms with Crippen molar-refractivity contribution in [2.75, 3.05) is 25.7 Å². The number of rotatable bonds is 8. The Labute approximate surface area is 145 Å². The fourth-order valence-corrected chi connectivity index (χ4v) is 3.19. The van der Waals surface area contributed by atoms with Crippen molar-refractivity contribution in [3.05, 3.63) is 40.8 Å². The van der Waals surface area contributed by atoms with Crippen LogP contribution in [0, 0.1) is 0 Å². The van der Waals surface area contributed by atoms with Crippen molar-refractivity contribution in [2.45, 2.75) is 30.3 Å². The second kappa shape index (κ2) is 8.70. The Balaban J connectivity index is 2.05. The Hall–Kier alpha value is -2.06. The van der Waals surface area contributed by atoms with Gasteiger partial charge in [0.25, 0.3) is 0 Å². The van der Waals surface area contributed by atoms with Crippen LogP contribution < -0.4 is 10.6 Å². The Morgan fingerprint density at radius 1 is 1.42 bits per heavy atom. The van der Waals surface area contributed by atoms with E-state index in [0.29, 0.717) is 24.7 Å². The fraction of sp³-hybridized carbons (Fsp3) is 0.438. The predicted octanol–water partition coefficient (Wildman–Crippen LogP) is 1.75. The predicted molar refractivity (Wildman–Crippen MR) is 94.5 cm³/mol. The molecular formula is C16H22N4O3S. The van der Waals surface area contributed by atoms with Crippen LogP contribution in [0.4, 0.5) is 5.69 Å². The van der Waals surface area contributed by atoms with E-state index in [1.54, 1.807) is 19.1 Å². The number of thioether (sulfide) groups is 1. The topological polar surface area (TPSA) is 80.2 Å². The monoisotopic (exact) mass is 350 g/mol. The molecule has 8 heteroatoms. The van der Waals surface area contributed by atoms with Gasteiger partial charge in [-0.1, -0.05) is 30.0 Å². The summed E-state index contributed by atoms with van der Waals surface area (Å²) in [6, 6.07) is 9.44. The first kappa shape index (κ1) is 18.3. The third-order valence-corrected chi connectivity index (χ3v) is 4.64. The molecule has 0 aliphatic carbocycles. The number of benzene rings is 1. The second-order valence-corrected chi connectivity index (χ2v) is 6.61. The summed E-state index contributed by atoms with van der Waals surface area (Å²) in [4.78, 5) is 26.0. The number of carbonyl (C=O) groups excluding carboxylic acids is 1. The van der Waals surface area contributed by atoms with Crippen molar-refractivity contribution >= 4 is 23.4 Å². The third kappa shape index (κ3) is 4.48. The van der Waals surface area contributed by atoms with Gasteiger partial charge in [0, 0.05) is 33.0 Å². The minimum atomic E-state index is -0.369. The zero-order valence-corrected chi connectivity index (χ0v) is 14.9. The smallest absolute Gasteiger partial charge is 0.343 e.